The minimum atomic E-state index is -0.133. The molecule has 0 bridgehead atoms. The highest BCUT2D eigenvalue weighted by atomic mass is 16.6. The predicted octanol–water partition coefficient (Wildman–Crippen LogP) is 1.10. The van der Waals surface area contributed by atoms with Crippen molar-refractivity contribution in [2.45, 2.75) is 38.6 Å². The molecule has 4 nitrogen and oxygen atoms in total. The highest BCUT2D eigenvalue weighted by Gasteiger charge is 2.22. The summed E-state index contributed by atoms with van der Waals surface area (Å²) < 4.78 is 10.4. The molecule has 0 aliphatic carbocycles. The first-order valence-corrected chi connectivity index (χ1v) is 5.82. The summed E-state index contributed by atoms with van der Waals surface area (Å²) in [5.41, 5.74) is 0. The van der Waals surface area contributed by atoms with Crippen molar-refractivity contribution in [1.82, 2.24) is 5.32 Å². The molecular weight excluding hydrogens is 194 g/mol. The summed E-state index contributed by atoms with van der Waals surface area (Å²) in [4.78, 5) is 11.4. The maximum Gasteiger partial charge on any atom is 0.323 e. The Morgan fingerprint density at radius 2 is 2.27 bits per heavy atom. The number of nitrogens with one attached hydrogen (secondary N) is 1. The van der Waals surface area contributed by atoms with E-state index in [4.69, 9.17) is 9.47 Å². The summed E-state index contributed by atoms with van der Waals surface area (Å²) in [5, 5.41) is 3.10. The number of unbranched alkanes of at least 4 members (excludes halogenated alkanes) is 1. The average Bonchev–Trinajstić information content (AvgIpc) is 2.76. The maximum absolute atomic E-state index is 11.4. The third-order valence-corrected chi connectivity index (χ3v) is 2.46. The second kappa shape index (κ2) is 7.65. The summed E-state index contributed by atoms with van der Waals surface area (Å²) in [6.07, 6.45) is 4.16. The molecule has 0 aromatic heterocycles. The zero-order valence-corrected chi connectivity index (χ0v) is 9.46. The molecule has 88 valence electrons. The minimum absolute atomic E-state index is 0.0827. The van der Waals surface area contributed by atoms with Crippen molar-refractivity contribution in [3.8, 4) is 0 Å². The van der Waals surface area contributed by atoms with Crippen molar-refractivity contribution in [2.75, 3.05) is 26.4 Å². The van der Waals surface area contributed by atoms with Gasteiger partial charge in [0, 0.05) is 6.61 Å². The van der Waals surface area contributed by atoms with E-state index in [2.05, 4.69) is 12.2 Å². The molecule has 1 N–H and O–H groups in total. The largest absolute Gasteiger partial charge is 0.462 e. The minimum Gasteiger partial charge on any atom is -0.462 e. The number of rotatable bonds is 7. The van der Waals surface area contributed by atoms with Crippen LogP contribution in [-0.2, 0) is 14.3 Å². The molecule has 1 rings (SSSR count). The van der Waals surface area contributed by atoms with Crippen LogP contribution in [0.2, 0.25) is 0 Å². The van der Waals surface area contributed by atoms with Crippen LogP contribution in [0.4, 0.5) is 0 Å². The Labute approximate surface area is 91.3 Å². The van der Waals surface area contributed by atoms with Crippen LogP contribution in [0.15, 0.2) is 0 Å². The molecule has 4 heteroatoms. The van der Waals surface area contributed by atoms with Gasteiger partial charge in [-0.2, -0.15) is 0 Å². The average molecular weight is 215 g/mol. The van der Waals surface area contributed by atoms with Crippen LogP contribution in [0, 0.1) is 0 Å². The second-order valence-corrected chi connectivity index (χ2v) is 3.78. The Kier molecular flexibility index (Phi) is 6.36. The quantitative estimate of drug-likeness (QED) is 0.510. The molecule has 0 aromatic carbocycles. The first kappa shape index (κ1) is 12.5. The van der Waals surface area contributed by atoms with Crippen LogP contribution in [0.3, 0.4) is 0 Å². The molecule has 0 saturated carbocycles. The summed E-state index contributed by atoms with van der Waals surface area (Å²) in [7, 11) is 0. The van der Waals surface area contributed by atoms with E-state index < -0.39 is 0 Å². The molecule has 1 aliphatic rings. The van der Waals surface area contributed by atoms with Crippen LogP contribution in [0.1, 0.15) is 32.6 Å². The topological polar surface area (TPSA) is 47.6 Å². The molecule has 1 heterocycles. The zero-order valence-electron chi connectivity index (χ0n) is 9.46. The number of hydrogen-bond acceptors (Lipinski definition) is 4. The third kappa shape index (κ3) is 5.14. The maximum atomic E-state index is 11.4. The molecule has 15 heavy (non-hydrogen) atoms. The van der Waals surface area contributed by atoms with Gasteiger partial charge in [0.15, 0.2) is 0 Å². The van der Waals surface area contributed by atoms with Crippen molar-refractivity contribution in [2.24, 2.45) is 0 Å². The van der Waals surface area contributed by atoms with Crippen molar-refractivity contribution in [1.29, 1.82) is 0 Å². The van der Waals surface area contributed by atoms with Gasteiger partial charge in [-0.3, -0.25) is 4.79 Å². The summed E-state index contributed by atoms with van der Waals surface area (Å²) >= 11 is 0. The fourth-order valence-corrected chi connectivity index (χ4v) is 1.54. The van der Waals surface area contributed by atoms with Gasteiger partial charge in [-0.15, -0.1) is 0 Å². The van der Waals surface area contributed by atoms with E-state index in [0.717, 1.165) is 38.8 Å². The van der Waals surface area contributed by atoms with E-state index in [0.29, 0.717) is 13.2 Å². The van der Waals surface area contributed by atoms with E-state index >= 15 is 0 Å². The monoisotopic (exact) mass is 215 g/mol. The number of ether oxygens (including phenoxy) is 2. The SMILES string of the molecule is CCCCOCCOC(=O)[C@@H]1CCCN1. The van der Waals surface area contributed by atoms with Gasteiger partial charge in [-0.1, -0.05) is 13.3 Å². The normalized spacial score (nSPS) is 20.5. The summed E-state index contributed by atoms with van der Waals surface area (Å²) in [5.74, 6) is -0.133. The first-order chi connectivity index (χ1) is 7.34. The van der Waals surface area contributed by atoms with Gasteiger partial charge in [-0.05, 0) is 25.8 Å². The van der Waals surface area contributed by atoms with Gasteiger partial charge in [0.1, 0.15) is 12.6 Å². The third-order valence-electron chi connectivity index (χ3n) is 2.46. The lowest BCUT2D eigenvalue weighted by Gasteiger charge is -2.10. The van der Waals surface area contributed by atoms with Crippen LogP contribution in [0.5, 0.6) is 0 Å². The molecule has 0 radical (unpaired) electrons. The molecule has 1 saturated heterocycles. The van der Waals surface area contributed by atoms with E-state index in [1.54, 1.807) is 0 Å². The van der Waals surface area contributed by atoms with Gasteiger partial charge in [0.2, 0.25) is 0 Å². The molecular formula is C11H21NO3. The smallest absolute Gasteiger partial charge is 0.323 e. The van der Waals surface area contributed by atoms with Crippen LogP contribution < -0.4 is 5.32 Å². The lowest BCUT2D eigenvalue weighted by molar-refractivity contribution is -0.147. The molecule has 1 aliphatic heterocycles. The van der Waals surface area contributed by atoms with Gasteiger partial charge in [-0.25, -0.2) is 0 Å². The zero-order chi connectivity index (χ0) is 10.9. The van der Waals surface area contributed by atoms with Gasteiger partial charge >= 0.3 is 5.97 Å². The van der Waals surface area contributed by atoms with Crippen molar-refractivity contribution < 1.29 is 14.3 Å². The fourth-order valence-electron chi connectivity index (χ4n) is 1.54. The van der Waals surface area contributed by atoms with Crippen molar-refractivity contribution in [3.05, 3.63) is 0 Å². The highest BCUT2D eigenvalue weighted by Crippen LogP contribution is 2.06. The summed E-state index contributed by atoms with van der Waals surface area (Å²) in [6, 6.07) is -0.0827. The first-order valence-electron chi connectivity index (χ1n) is 5.82. The number of hydrogen-bond donors (Lipinski definition) is 1. The van der Waals surface area contributed by atoms with Crippen molar-refractivity contribution >= 4 is 5.97 Å². The lowest BCUT2D eigenvalue weighted by atomic mass is 10.2. The fraction of sp³-hybridized carbons (Fsp3) is 0.909. The van der Waals surface area contributed by atoms with Crippen LogP contribution in [0.25, 0.3) is 0 Å². The Balaban J connectivity index is 1.92. The number of carbonyl (C=O) groups is 1. The van der Waals surface area contributed by atoms with Crippen molar-refractivity contribution in [3.63, 3.8) is 0 Å². The van der Waals surface area contributed by atoms with Gasteiger partial charge in [0.05, 0.1) is 6.61 Å². The molecule has 1 fully saturated rings. The molecule has 1 atom stereocenters. The Bertz CT molecular complexity index is 179. The number of esters is 1. The van der Waals surface area contributed by atoms with Crippen LogP contribution in [-0.4, -0.2) is 38.4 Å². The predicted molar refractivity (Wildman–Crippen MR) is 57.7 cm³/mol. The second-order valence-electron chi connectivity index (χ2n) is 3.78. The molecule has 0 unspecified atom stereocenters. The van der Waals surface area contributed by atoms with Gasteiger partial charge in [0.25, 0.3) is 0 Å². The molecule has 0 spiro atoms. The number of carbonyl (C=O) groups excluding carboxylic acids is 1. The highest BCUT2D eigenvalue weighted by molar-refractivity contribution is 5.76. The summed E-state index contributed by atoms with van der Waals surface area (Å²) in [6.45, 7) is 4.69. The van der Waals surface area contributed by atoms with E-state index in [9.17, 15) is 4.79 Å². The van der Waals surface area contributed by atoms with E-state index in [-0.39, 0.29) is 12.0 Å². The molecule has 0 aromatic rings. The Morgan fingerprint density at radius 1 is 1.40 bits per heavy atom. The lowest BCUT2D eigenvalue weighted by Crippen LogP contribution is -2.33. The Hall–Kier alpha value is -0.610. The van der Waals surface area contributed by atoms with Crippen LogP contribution >= 0.6 is 0 Å². The standard InChI is InChI=1S/C11H21NO3/c1-2-3-7-14-8-9-15-11(13)10-5-4-6-12-10/h10,12H,2-9H2,1H3/t10-/m0/s1. The van der Waals surface area contributed by atoms with E-state index in [1.807, 2.05) is 0 Å². The van der Waals surface area contributed by atoms with E-state index in [1.165, 1.54) is 0 Å². The Morgan fingerprint density at radius 3 is 2.93 bits per heavy atom. The molecule has 0 amide bonds. The van der Waals surface area contributed by atoms with Gasteiger partial charge < -0.3 is 14.8 Å².